The second kappa shape index (κ2) is 8.05. The van der Waals surface area contributed by atoms with Crippen molar-refractivity contribution in [1.29, 1.82) is 0 Å². The quantitative estimate of drug-likeness (QED) is 0.850. The van der Waals surface area contributed by atoms with Gasteiger partial charge in [0.05, 0.1) is 12.7 Å². The summed E-state index contributed by atoms with van der Waals surface area (Å²) in [5.41, 5.74) is 4.84. The predicted octanol–water partition coefficient (Wildman–Crippen LogP) is 3.01. The lowest BCUT2D eigenvalue weighted by molar-refractivity contribution is -0.117. The summed E-state index contributed by atoms with van der Waals surface area (Å²) in [5.74, 6) is 0.642. The number of H-pyrrole nitrogens is 1. The molecule has 1 amide bonds. The number of aromatic nitrogens is 2. The first-order valence-corrected chi connectivity index (χ1v) is 9.57. The Morgan fingerprint density at radius 3 is 2.52 bits per heavy atom. The van der Waals surface area contributed by atoms with Crippen molar-refractivity contribution < 1.29 is 4.79 Å². The SMILES string of the molecule is CC(C)c1cccc(C(C)C)c1NC(=O)CN1CCc2c(cn[nH]c2=O)C1. The normalized spacial score (nSPS) is 14.4. The van der Waals surface area contributed by atoms with Crippen molar-refractivity contribution in [2.24, 2.45) is 0 Å². The molecule has 0 radical (unpaired) electrons. The van der Waals surface area contributed by atoms with E-state index in [4.69, 9.17) is 0 Å². The van der Waals surface area contributed by atoms with E-state index in [2.05, 4.69) is 66.3 Å². The molecule has 27 heavy (non-hydrogen) atoms. The van der Waals surface area contributed by atoms with Gasteiger partial charge in [0, 0.05) is 24.3 Å². The Bertz CT molecular complexity index is 860. The van der Waals surface area contributed by atoms with Crippen LogP contribution in [0.4, 0.5) is 5.69 Å². The third-order valence-corrected chi connectivity index (χ3v) is 5.12. The average molecular weight is 368 g/mol. The summed E-state index contributed by atoms with van der Waals surface area (Å²) in [6.45, 7) is 10.1. The Hall–Kier alpha value is -2.47. The van der Waals surface area contributed by atoms with E-state index in [1.807, 2.05) is 0 Å². The highest BCUT2D eigenvalue weighted by Crippen LogP contribution is 2.32. The molecule has 0 atom stereocenters. The van der Waals surface area contributed by atoms with Crippen LogP contribution in [0.15, 0.2) is 29.2 Å². The second-order valence-corrected chi connectivity index (χ2v) is 7.83. The molecule has 0 aliphatic carbocycles. The maximum absolute atomic E-state index is 12.8. The molecule has 2 heterocycles. The van der Waals surface area contributed by atoms with Gasteiger partial charge in [-0.05, 0) is 34.9 Å². The van der Waals surface area contributed by atoms with Gasteiger partial charge < -0.3 is 5.32 Å². The second-order valence-electron chi connectivity index (χ2n) is 7.83. The lowest BCUT2D eigenvalue weighted by atomic mass is 9.92. The summed E-state index contributed by atoms with van der Waals surface area (Å²) >= 11 is 0. The largest absolute Gasteiger partial charge is 0.324 e. The first-order valence-electron chi connectivity index (χ1n) is 9.57. The number of hydrogen-bond donors (Lipinski definition) is 2. The van der Waals surface area contributed by atoms with Crippen molar-refractivity contribution in [1.82, 2.24) is 15.1 Å². The van der Waals surface area contributed by atoms with Gasteiger partial charge in [-0.15, -0.1) is 0 Å². The van der Waals surface area contributed by atoms with E-state index in [1.165, 1.54) is 0 Å². The van der Waals surface area contributed by atoms with Crippen LogP contribution in [0.2, 0.25) is 0 Å². The Kier molecular flexibility index (Phi) is 5.75. The number of benzene rings is 1. The Labute approximate surface area is 160 Å². The van der Waals surface area contributed by atoms with Crippen molar-refractivity contribution in [3.63, 3.8) is 0 Å². The molecule has 1 aliphatic rings. The molecule has 144 valence electrons. The number of rotatable bonds is 5. The summed E-state index contributed by atoms with van der Waals surface area (Å²) in [4.78, 5) is 26.7. The molecule has 0 fully saturated rings. The van der Waals surface area contributed by atoms with Crippen molar-refractivity contribution >= 4 is 11.6 Å². The smallest absolute Gasteiger partial charge is 0.267 e. The number of anilines is 1. The molecule has 0 unspecified atom stereocenters. The number of carbonyl (C=O) groups excluding carboxylic acids is 1. The van der Waals surface area contributed by atoms with Crippen molar-refractivity contribution in [3.05, 3.63) is 57.0 Å². The molecule has 1 aromatic heterocycles. The molecule has 6 nitrogen and oxygen atoms in total. The molecular weight excluding hydrogens is 340 g/mol. The van der Waals surface area contributed by atoms with Crippen LogP contribution in [0.1, 0.15) is 61.8 Å². The fraction of sp³-hybridized carbons (Fsp3) is 0.476. The highest BCUT2D eigenvalue weighted by Gasteiger charge is 2.22. The van der Waals surface area contributed by atoms with Gasteiger partial charge in [-0.3, -0.25) is 14.5 Å². The predicted molar refractivity (Wildman–Crippen MR) is 107 cm³/mol. The Morgan fingerprint density at radius 2 is 1.89 bits per heavy atom. The van der Waals surface area contributed by atoms with Gasteiger partial charge in [-0.25, -0.2) is 5.10 Å². The molecule has 0 saturated carbocycles. The minimum absolute atomic E-state index is 0.0220. The van der Waals surface area contributed by atoms with Gasteiger partial charge in [-0.1, -0.05) is 45.9 Å². The van der Waals surface area contributed by atoms with Crippen LogP contribution in [0.25, 0.3) is 0 Å². The molecule has 6 heteroatoms. The van der Waals surface area contributed by atoms with Crippen LogP contribution >= 0.6 is 0 Å². The number of aromatic amines is 1. The molecule has 1 aromatic carbocycles. The minimum atomic E-state index is -0.121. The lowest BCUT2D eigenvalue weighted by Gasteiger charge is -2.27. The van der Waals surface area contributed by atoms with Crippen molar-refractivity contribution in [2.45, 2.75) is 52.5 Å². The third-order valence-electron chi connectivity index (χ3n) is 5.12. The zero-order valence-corrected chi connectivity index (χ0v) is 16.5. The summed E-state index contributed by atoms with van der Waals surface area (Å²) in [6, 6.07) is 6.23. The van der Waals surface area contributed by atoms with Crippen LogP contribution in [-0.4, -0.2) is 34.1 Å². The number of carbonyl (C=O) groups is 1. The zero-order chi connectivity index (χ0) is 19.6. The first kappa shape index (κ1) is 19.3. The molecular formula is C21H28N4O2. The molecule has 0 bridgehead atoms. The zero-order valence-electron chi connectivity index (χ0n) is 16.5. The maximum atomic E-state index is 12.8. The molecule has 3 rings (SSSR count). The van der Waals surface area contributed by atoms with E-state index in [-0.39, 0.29) is 11.5 Å². The fourth-order valence-corrected chi connectivity index (χ4v) is 3.67. The van der Waals surface area contributed by atoms with Gasteiger partial charge in [0.2, 0.25) is 5.91 Å². The molecule has 0 spiro atoms. The fourth-order valence-electron chi connectivity index (χ4n) is 3.67. The van der Waals surface area contributed by atoms with Crippen LogP contribution < -0.4 is 10.9 Å². The van der Waals surface area contributed by atoms with E-state index < -0.39 is 0 Å². The van der Waals surface area contributed by atoms with Gasteiger partial charge in [0.15, 0.2) is 0 Å². The highest BCUT2D eigenvalue weighted by molar-refractivity contribution is 5.94. The maximum Gasteiger partial charge on any atom is 0.267 e. The molecule has 2 N–H and O–H groups in total. The molecule has 2 aromatic rings. The monoisotopic (exact) mass is 368 g/mol. The van der Waals surface area contributed by atoms with Crippen LogP contribution in [-0.2, 0) is 17.8 Å². The van der Waals surface area contributed by atoms with Crippen molar-refractivity contribution in [3.8, 4) is 0 Å². The van der Waals surface area contributed by atoms with Gasteiger partial charge >= 0.3 is 0 Å². The Balaban J connectivity index is 1.74. The van der Waals surface area contributed by atoms with Crippen LogP contribution in [0, 0.1) is 0 Å². The minimum Gasteiger partial charge on any atom is -0.324 e. The third kappa shape index (κ3) is 4.27. The summed E-state index contributed by atoms with van der Waals surface area (Å²) in [5, 5.41) is 9.51. The average Bonchev–Trinajstić information content (AvgIpc) is 2.61. The van der Waals surface area contributed by atoms with E-state index in [0.29, 0.717) is 37.9 Å². The van der Waals surface area contributed by atoms with Gasteiger partial charge in [0.1, 0.15) is 0 Å². The van der Waals surface area contributed by atoms with E-state index in [9.17, 15) is 9.59 Å². The summed E-state index contributed by atoms with van der Waals surface area (Å²) in [7, 11) is 0. The number of para-hydroxylation sites is 1. The lowest BCUT2D eigenvalue weighted by Crippen LogP contribution is -2.39. The highest BCUT2D eigenvalue weighted by atomic mass is 16.2. The van der Waals surface area contributed by atoms with Crippen molar-refractivity contribution in [2.75, 3.05) is 18.4 Å². The van der Waals surface area contributed by atoms with E-state index in [1.54, 1.807) is 6.20 Å². The number of nitrogens with one attached hydrogen (secondary N) is 2. The van der Waals surface area contributed by atoms with Gasteiger partial charge in [-0.2, -0.15) is 5.10 Å². The number of hydrogen-bond acceptors (Lipinski definition) is 4. The van der Waals surface area contributed by atoms with Crippen LogP contribution in [0.3, 0.4) is 0 Å². The standard InChI is InChI=1S/C21H28N4O2/c1-13(2)16-6-5-7-17(14(3)4)20(16)23-19(26)12-25-9-8-18-15(11-25)10-22-24-21(18)27/h5-7,10,13-14H,8-9,11-12H2,1-4H3,(H,23,26)(H,24,27). The van der Waals surface area contributed by atoms with Gasteiger partial charge in [0.25, 0.3) is 5.56 Å². The van der Waals surface area contributed by atoms with E-state index >= 15 is 0 Å². The summed E-state index contributed by atoms with van der Waals surface area (Å²) in [6.07, 6.45) is 2.33. The first-order chi connectivity index (χ1) is 12.9. The number of nitrogens with zero attached hydrogens (tertiary/aromatic N) is 2. The van der Waals surface area contributed by atoms with Crippen LogP contribution in [0.5, 0.6) is 0 Å². The molecule has 1 aliphatic heterocycles. The summed E-state index contributed by atoms with van der Waals surface area (Å²) < 4.78 is 0. The Morgan fingerprint density at radius 1 is 1.22 bits per heavy atom. The molecule has 0 saturated heterocycles. The topological polar surface area (TPSA) is 78.1 Å². The number of amides is 1. The number of fused-ring (bicyclic) bond motifs is 1. The van der Waals surface area contributed by atoms with E-state index in [0.717, 1.165) is 27.9 Å².